The average molecular weight is 371 g/mol. The summed E-state index contributed by atoms with van der Waals surface area (Å²) in [5.41, 5.74) is 1.82. The van der Waals surface area contributed by atoms with Crippen molar-refractivity contribution >= 4 is 17.3 Å². The van der Waals surface area contributed by atoms with E-state index < -0.39 is 0 Å². The minimum atomic E-state index is -0.164. The zero-order valence-corrected chi connectivity index (χ0v) is 15.2. The summed E-state index contributed by atoms with van der Waals surface area (Å²) in [5.74, 6) is 0.663. The second-order valence-electron chi connectivity index (χ2n) is 6.45. The van der Waals surface area contributed by atoms with Crippen LogP contribution in [0.1, 0.15) is 31.4 Å². The van der Waals surface area contributed by atoms with Gasteiger partial charge in [0.1, 0.15) is 0 Å². The Morgan fingerprint density at radius 2 is 2.00 bits per heavy atom. The summed E-state index contributed by atoms with van der Waals surface area (Å²) in [7, 11) is 0. The molecule has 3 aromatic rings. The van der Waals surface area contributed by atoms with Gasteiger partial charge in [-0.2, -0.15) is 10.2 Å². The zero-order chi connectivity index (χ0) is 18.1. The summed E-state index contributed by atoms with van der Waals surface area (Å²) >= 11 is 5.87. The van der Waals surface area contributed by atoms with E-state index in [9.17, 15) is 4.79 Å². The van der Waals surface area contributed by atoms with Crippen LogP contribution in [0.4, 0.5) is 5.69 Å². The van der Waals surface area contributed by atoms with Gasteiger partial charge in [0.25, 0.3) is 5.56 Å². The molecular formula is C18H19ClN6O. The second kappa shape index (κ2) is 6.92. The highest BCUT2D eigenvalue weighted by Gasteiger charge is 2.16. The Bertz CT molecular complexity index is 976. The molecule has 0 aromatic carbocycles. The van der Waals surface area contributed by atoms with E-state index in [1.54, 1.807) is 33.9 Å². The Kier molecular flexibility index (Phi) is 4.46. The van der Waals surface area contributed by atoms with E-state index in [1.165, 1.54) is 18.9 Å². The number of hydrogen-bond acceptors (Lipinski definition) is 5. The highest BCUT2D eigenvalue weighted by Crippen LogP contribution is 2.22. The summed E-state index contributed by atoms with van der Waals surface area (Å²) in [6.07, 6.45) is 9.52. The van der Waals surface area contributed by atoms with Crippen LogP contribution in [0.3, 0.4) is 0 Å². The molecule has 1 aliphatic heterocycles. The minimum Gasteiger partial charge on any atom is -0.370 e. The molecule has 26 heavy (non-hydrogen) atoms. The van der Waals surface area contributed by atoms with Gasteiger partial charge < -0.3 is 9.47 Å². The molecule has 0 bridgehead atoms. The normalized spacial score (nSPS) is 15.4. The van der Waals surface area contributed by atoms with Crippen molar-refractivity contribution in [2.45, 2.75) is 25.8 Å². The molecule has 0 aliphatic carbocycles. The summed E-state index contributed by atoms with van der Waals surface area (Å²) in [6.45, 7) is 4.04. The summed E-state index contributed by atoms with van der Waals surface area (Å²) < 4.78 is 3.32. The van der Waals surface area contributed by atoms with Crippen molar-refractivity contribution in [2.75, 3.05) is 18.0 Å². The predicted octanol–water partition coefficient (Wildman–Crippen LogP) is 2.69. The van der Waals surface area contributed by atoms with Crippen LogP contribution in [-0.4, -0.2) is 37.6 Å². The minimum absolute atomic E-state index is 0.145. The Balaban J connectivity index is 1.61. The number of anilines is 1. The van der Waals surface area contributed by atoms with Crippen LogP contribution in [-0.2, 0) is 0 Å². The fraction of sp³-hybridized carbons (Fsp3) is 0.333. The molecule has 1 saturated heterocycles. The monoisotopic (exact) mass is 370 g/mol. The van der Waals surface area contributed by atoms with Gasteiger partial charge in [-0.05, 0) is 25.8 Å². The summed E-state index contributed by atoms with van der Waals surface area (Å²) in [4.78, 5) is 14.5. The molecule has 1 fully saturated rings. The van der Waals surface area contributed by atoms with Crippen molar-refractivity contribution in [2.24, 2.45) is 0 Å². The smallest absolute Gasteiger partial charge is 0.252 e. The van der Waals surface area contributed by atoms with E-state index in [1.807, 2.05) is 19.2 Å². The molecule has 0 N–H and O–H groups in total. The van der Waals surface area contributed by atoms with Crippen molar-refractivity contribution in [3.8, 4) is 5.82 Å². The number of halogens is 1. The van der Waals surface area contributed by atoms with Crippen LogP contribution in [0.15, 0.2) is 47.8 Å². The largest absolute Gasteiger partial charge is 0.370 e. The maximum atomic E-state index is 12.1. The van der Waals surface area contributed by atoms with Crippen molar-refractivity contribution in [1.29, 1.82) is 0 Å². The van der Waals surface area contributed by atoms with E-state index in [0.717, 1.165) is 24.3 Å². The molecule has 0 radical (unpaired) electrons. The highest BCUT2D eigenvalue weighted by molar-refractivity contribution is 6.30. The van der Waals surface area contributed by atoms with Crippen LogP contribution < -0.4 is 10.5 Å². The van der Waals surface area contributed by atoms with Gasteiger partial charge in [0.15, 0.2) is 5.82 Å². The Labute approximate surface area is 155 Å². The SMILES string of the molecule is CC(c1cnn(-c2cc(N3CCCC3)cnn2)c1)n1ccc(Cl)cc1=O. The lowest BCUT2D eigenvalue weighted by Crippen LogP contribution is -2.22. The summed E-state index contributed by atoms with van der Waals surface area (Å²) in [5, 5.41) is 13.1. The van der Waals surface area contributed by atoms with E-state index >= 15 is 0 Å². The van der Waals surface area contributed by atoms with Crippen LogP contribution in [0, 0.1) is 0 Å². The molecule has 4 heterocycles. The molecule has 8 heteroatoms. The van der Waals surface area contributed by atoms with E-state index in [2.05, 4.69) is 20.2 Å². The van der Waals surface area contributed by atoms with Crippen LogP contribution >= 0.6 is 11.6 Å². The van der Waals surface area contributed by atoms with Crippen LogP contribution in [0.25, 0.3) is 5.82 Å². The first-order valence-corrected chi connectivity index (χ1v) is 9.00. The van der Waals surface area contributed by atoms with Gasteiger partial charge in [-0.25, -0.2) is 4.68 Å². The lowest BCUT2D eigenvalue weighted by atomic mass is 10.2. The maximum absolute atomic E-state index is 12.1. The number of aromatic nitrogens is 5. The molecule has 1 aliphatic rings. The first-order chi connectivity index (χ1) is 12.6. The molecule has 7 nitrogen and oxygen atoms in total. The predicted molar refractivity (Wildman–Crippen MR) is 100 cm³/mol. The molecule has 134 valence electrons. The highest BCUT2D eigenvalue weighted by atomic mass is 35.5. The number of hydrogen-bond donors (Lipinski definition) is 0. The number of nitrogens with zero attached hydrogens (tertiary/aromatic N) is 6. The first kappa shape index (κ1) is 16.8. The third-order valence-corrected chi connectivity index (χ3v) is 4.98. The van der Waals surface area contributed by atoms with Crippen LogP contribution in [0.5, 0.6) is 0 Å². The molecule has 4 rings (SSSR count). The van der Waals surface area contributed by atoms with Gasteiger partial charge in [-0.1, -0.05) is 11.6 Å². The van der Waals surface area contributed by atoms with Crippen molar-refractivity contribution in [3.05, 3.63) is 63.9 Å². The fourth-order valence-corrected chi connectivity index (χ4v) is 3.38. The van der Waals surface area contributed by atoms with Crippen molar-refractivity contribution < 1.29 is 0 Å². The van der Waals surface area contributed by atoms with Gasteiger partial charge in [-0.15, -0.1) is 5.10 Å². The van der Waals surface area contributed by atoms with E-state index in [-0.39, 0.29) is 11.6 Å². The molecule has 3 aromatic heterocycles. The van der Waals surface area contributed by atoms with Crippen molar-refractivity contribution in [1.82, 2.24) is 24.5 Å². The molecule has 0 saturated carbocycles. The Morgan fingerprint density at radius 1 is 1.19 bits per heavy atom. The molecule has 0 amide bonds. The molecule has 1 atom stereocenters. The molecule has 1 unspecified atom stereocenters. The second-order valence-corrected chi connectivity index (χ2v) is 6.89. The third kappa shape index (κ3) is 3.22. The zero-order valence-electron chi connectivity index (χ0n) is 14.4. The fourth-order valence-electron chi connectivity index (χ4n) is 3.23. The van der Waals surface area contributed by atoms with Crippen LogP contribution in [0.2, 0.25) is 5.02 Å². The van der Waals surface area contributed by atoms with Gasteiger partial charge in [-0.3, -0.25) is 4.79 Å². The molecule has 0 spiro atoms. The van der Waals surface area contributed by atoms with Gasteiger partial charge in [0.2, 0.25) is 0 Å². The third-order valence-electron chi connectivity index (χ3n) is 4.75. The number of pyridine rings is 1. The van der Waals surface area contributed by atoms with Gasteiger partial charge in [0, 0.05) is 48.2 Å². The number of rotatable bonds is 4. The molecular weight excluding hydrogens is 352 g/mol. The Morgan fingerprint density at radius 3 is 2.77 bits per heavy atom. The first-order valence-electron chi connectivity index (χ1n) is 8.62. The average Bonchev–Trinajstić information content (AvgIpc) is 3.33. The summed E-state index contributed by atoms with van der Waals surface area (Å²) in [6, 6.07) is 4.94. The van der Waals surface area contributed by atoms with Gasteiger partial charge >= 0.3 is 0 Å². The van der Waals surface area contributed by atoms with Crippen molar-refractivity contribution in [3.63, 3.8) is 0 Å². The lowest BCUT2D eigenvalue weighted by Gasteiger charge is -2.17. The standard InChI is InChI=1S/C18H19ClN6O/c1-13(24-7-4-15(19)8-18(24)26)14-10-21-25(12-14)17-9-16(11-20-22-17)23-5-2-3-6-23/h4,7-13H,2-3,5-6H2,1H3. The lowest BCUT2D eigenvalue weighted by molar-refractivity contribution is 0.614. The quantitative estimate of drug-likeness (QED) is 0.706. The topological polar surface area (TPSA) is 68.8 Å². The Hall–Kier alpha value is -2.67. The van der Waals surface area contributed by atoms with E-state index in [4.69, 9.17) is 11.6 Å². The maximum Gasteiger partial charge on any atom is 0.252 e. The van der Waals surface area contributed by atoms with E-state index in [0.29, 0.717) is 10.8 Å². The van der Waals surface area contributed by atoms with Gasteiger partial charge in [0.05, 0.1) is 24.1 Å².